The minimum atomic E-state index is -0.758. The molecular formula is C20H21N2O6. The van der Waals surface area contributed by atoms with Crippen LogP contribution in [-0.4, -0.2) is 45.0 Å². The molecule has 0 saturated heterocycles. The Bertz CT molecular complexity index is 854. The Hall–Kier alpha value is -2.94. The molecule has 0 saturated carbocycles. The van der Waals surface area contributed by atoms with Gasteiger partial charge in [0.25, 0.3) is 0 Å². The summed E-state index contributed by atoms with van der Waals surface area (Å²) in [7, 11) is 0. The summed E-state index contributed by atoms with van der Waals surface area (Å²) in [5.74, 6) is -0.832. The minimum Gasteiger partial charge on any atom is -0.447 e. The zero-order chi connectivity index (χ0) is 19.9. The molecule has 0 heterocycles. The summed E-state index contributed by atoms with van der Waals surface area (Å²) in [6.45, 7) is 0.0731. The zero-order valence-corrected chi connectivity index (χ0v) is 15.2. The molecule has 1 radical (unpaired) electrons. The van der Waals surface area contributed by atoms with E-state index in [1.54, 1.807) is 12.1 Å². The summed E-state index contributed by atoms with van der Waals surface area (Å²) < 4.78 is 10.2. The lowest BCUT2D eigenvalue weighted by Gasteiger charge is -2.16. The van der Waals surface area contributed by atoms with E-state index in [2.05, 4.69) is 5.48 Å². The second-order valence-corrected chi connectivity index (χ2v) is 6.14. The molecule has 3 N–H and O–H groups in total. The number of amides is 2. The third-order valence-electron chi connectivity index (χ3n) is 4.44. The van der Waals surface area contributed by atoms with Gasteiger partial charge in [-0.1, -0.05) is 36.4 Å². The van der Waals surface area contributed by atoms with E-state index in [0.717, 1.165) is 22.3 Å². The summed E-state index contributed by atoms with van der Waals surface area (Å²) in [5.41, 5.74) is 11.7. The van der Waals surface area contributed by atoms with Gasteiger partial charge in [-0.2, -0.15) is 5.48 Å². The number of rotatable bonds is 9. The smallest absolute Gasteiger partial charge is 0.431 e. The maximum absolute atomic E-state index is 11.9. The summed E-state index contributed by atoms with van der Waals surface area (Å²) in [4.78, 5) is 28.7. The second kappa shape index (κ2) is 9.32. The van der Waals surface area contributed by atoms with E-state index >= 15 is 0 Å². The Morgan fingerprint density at radius 3 is 2.57 bits per heavy atom. The van der Waals surface area contributed by atoms with Gasteiger partial charge in [0.1, 0.15) is 13.2 Å². The van der Waals surface area contributed by atoms with Crippen LogP contribution in [0.4, 0.5) is 4.79 Å². The van der Waals surface area contributed by atoms with Gasteiger partial charge in [0.15, 0.2) is 0 Å². The topological polar surface area (TPSA) is 120 Å². The van der Waals surface area contributed by atoms with Gasteiger partial charge >= 0.3 is 6.09 Å². The van der Waals surface area contributed by atoms with Gasteiger partial charge in [-0.05, 0) is 28.3 Å². The molecule has 0 fully saturated rings. The van der Waals surface area contributed by atoms with Crippen molar-refractivity contribution >= 4 is 12.0 Å². The molecule has 0 bridgehead atoms. The molecule has 1 unspecified atom stereocenters. The third kappa shape index (κ3) is 4.30. The molecule has 2 aromatic rings. The Balaban J connectivity index is 1.66. The summed E-state index contributed by atoms with van der Waals surface area (Å²) in [5, 5.41) is 10.2. The summed E-state index contributed by atoms with van der Waals surface area (Å²) in [6.07, 6.45) is -0.758. The van der Waals surface area contributed by atoms with E-state index in [1.165, 1.54) is 0 Å². The van der Waals surface area contributed by atoms with Gasteiger partial charge in [-0.25, -0.2) is 9.90 Å². The highest BCUT2D eigenvalue weighted by molar-refractivity contribution is 5.98. The summed E-state index contributed by atoms with van der Waals surface area (Å²) >= 11 is 0. The predicted molar refractivity (Wildman–Crippen MR) is 99.0 cm³/mol. The van der Waals surface area contributed by atoms with Gasteiger partial charge in [0.2, 0.25) is 5.91 Å². The monoisotopic (exact) mass is 385 g/mol. The highest BCUT2D eigenvalue weighted by atomic mass is 16.7. The van der Waals surface area contributed by atoms with Crippen LogP contribution in [-0.2, 0) is 19.4 Å². The highest BCUT2D eigenvalue weighted by Crippen LogP contribution is 2.46. The SMILES string of the molecule is NC(=O)c1cccc2c1C(COC(=O)NOCCOCC[O])c1ccccc1-2. The van der Waals surface area contributed by atoms with Crippen molar-refractivity contribution in [2.24, 2.45) is 5.73 Å². The standard InChI is InChI=1S/C20H21N2O6/c21-19(24)16-7-3-6-15-13-4-1-2-5-14(13)17(18(15)16)12-27-20(25)22-28-11-10-26-9-8-23/h1-7,17H,8-12H2,(H2,21,24)(H,22,25). The highest BCUT2D eigenvalue weighted by Gasteiger charge is 2.32. The van der Waals surface area contributed by atoms with E-state index < -0.39 is 12.0 Å². The van der Waals surface area contributed by atoms with E-state index in [0.29, 0.717) is 5.56 Å². The zero-order valence-electron chi connectivity index (χ0n) is 15.2. The maximum Gasteiger partial charge on any atom is 0.431 e. The van der Waals surface area contributed by atoms with Gasteiger partial charge in [0.05, 0.1) is 19.8 Å². The van der Waals surface area contributed by atoms with Crippen LogP contribution in [0.25, 0.3) is 11.1 Å². The largest absolute Gasteiger partial charge is 0.447 e. The second-order valence-electron chi connectivity index (χ2n) is 6.14. The van der Waals surface area contributed by atoms with Crippen LogP contribution in [0.1, 0.15) is 27.4 Å². The van der Waals surface area contributed by atoms with Gasteiger partial charge in [-0.3, -0.25) is 9.63 Å². The van der Waals surface area contributed by atoms with Crippen LogP contribution in [0.3, 0.4) is 0 Å². The number of hydrogen-bond acceptors (Lipinski definition) is 5. The Kier molecular flexibility index (Phi) is 6.59. The molecule has 8 nitrogen and oxygen atoms in total. The molecule has 147 valence electrons. The van der Waals surface area contributed by atoms with Gasteiger partial charge in [0, 0.05) is 11.5 Å². The number of primary amides is 1. The first-order valence-electron chi connectivity index (χ1n) is 8.86. The Morgan fingerprint density at radius 2 is 1.79 bits per heavy atom. The number of benzene rings is 2. The van der Waals surface area contributed by atoms with Crippen molar-refractivity contribution in [1.82, 2.24) is 5.48 Å². The molecule has 0 aliphatic heterocycles. The predicted octanol–water partition coefficient (Wildman–Crippen LogP) is 2.00. The number of hydrogen-bond donors (Lipinski definition) is 2. The van der Waals surface area contributed by atoms with Crippen molar-refractivity contribution < 1.29 is 29.0 Å². The van der Waals surface area contributed by atoms with Crippen molar-refractivity contribution in [3.8, 4) is 11.1 Å². The number of hydroxylamine groups is 1. The molecule has 0 spiro atoms. The van der Waals surface area contributed by atoms with Crippen molar-refractivity contribution in [3.63, 3.8) is 0 Å². The van der Waals surface area contributed by atoms with E-state index in [4.69, 9.17) is 20.0 Å². The fraction of sp³-hybridized carbons (Fsp3) is 0.300. The van der Waals surface area contributed by atoms with Crippen LogP contribution in [0, 0.1) is 0 Å². The average molecular weight is 385 g/mol. The molecule has 2 amide bonds. The molecule has 2 aromatic carbocycles. The Labute approximate surface area is 162 Å². The molecule has 1 aliphatic carbocycles. The van der Waals surface area contributed by atoms with E-state index in [-0.39, 0.29) is 39.0 Å². The maximum atomic E-state index is 11.9. The number of carbonyl (C=O) groups excluding carboxylic acids is 2. The van der Waals surface area contributed by atoms with Gasteiger partial charge < -0.3 is 15.2 Å². The molecule has 0 aromatic heterocycles. The van der Waals surface area contributed by atoms with Crippen LogP contribution in [0.5, 0.6) is 0 Å². The summed E-state index contributed by atoms with van der Waals surface area (Å²) in [6, 6.07) is 13.1. The third-order valence-corrected chi connectivity index (χ3v) is 4.44. The van der Waals surface area contributed by atoms with Crippen LogP contribution < -0.4 is 11.2 Å². The van der Waals surface area contributed by atoms with Crippen molar-refractivity contribution in [1.29, 1.82) is 0 Å². The first-order chi connectivity index (χ1) is 13.6. The van der Waals surface area contributed by atoms with Crippen LogP contribution in [0.2, 0.25) is 0 Å². The quantitative estimate of drug-likeness (QED) is 0.505. The molecule has 1 atom stereocenters. The van der Waals surface area contributed by atoms with Gasteiger partial charge in [-0.15, -0.1) is 0 Å². The fourth-order valence-electron chi connectivity index (χ4n) is 3.33. The number of carbonyl (C=O) groups is 2. The molecule has 28 heavy (non-hydrogen) atoms. The van der Waals surface area contributed by atoms with Crippen molar-refractivity contribution in [2.75, 3.05) is 33.0 Å². The number of nitrogens with two attached hydrogens (primary N) is 1. The van der Waals surface area contributed by atoms with Crippen molar-refractivity contribution in [2.45, 2.75) is 5.92 Å². The lowest BCUT2D eigenvalue weighted by Crippen LogP contribution is -2.28. The lowest BCUT2D eigenvalue weighted by molar-refractivity contribution is -0.0164. The van der Waals surface area contributed by atoms with Crippen LogP contribution in [0.15, 0.2) is 42.5 Å². The van der Waals surface area contributed by atoms with E-state index in [1.807, 2.05) is 30.3 Å². The first-order valence-corrected chi connectivity index (χ1v) is 8.86. The average Bonchev–Trinajstić information content (AvgIpc) is 3.03. The number of ether oxygens (including phenoxy) is 2. The number of nitrogens with one attached hydrogen (secondary N) is 1. The fourth-order valence-corrected chi connectivity index (χ4v) is 3.33. The molecular weight excluding hydrogens is 364 g/mol. The first kappa shape index (κ1) is 19.8. The normalized spacial score (nSPS) is 14.2. The molecule has 8 heteroatoms. The number of fused-ring (bicyclic) bond motifs is 3. The Morgan fingerprint density at radius 1 is 1.00 bits per heavy atom. The lowest BCUT2D eigenvalue weighted by atomic mass is 9.93. The van der Waals surface area contributed by atoms with Crippen molar-refractivity contribution in [3.05, 3.63) is 59.2 Å². The molecule has 1 aliphatic rings. The van der Waals surface area contributed by atoms with E-state index in [9.17, 15) is 14.7 Å². The molecule has 3 rings (SSSR count). The minimum absolute atomic E-state index is 0.0240. The van der Waals surface area contributed by atoms with Crippen LogP contribution >= 0.6 is 0 Å².